The number of hydrogen-bond donors (Lipinski definition) is 1. The standard InChI is InChI=1S/C25H26FN5O2/c1-16-23(25(32)30-12-4-5-19(15-30)28-2)29-24(17-6-7-18(14-27)22(26)13-17)31(16)20-8-10-21(33-3)11-9-20/h6-11,13,19,28H,4-5,12,15H2,1-3H3/t19-/m1/s1. The zero-order valence-electron chi connectivity index (χ0n) is 18.9. The molecule has 1 amide bonds. The van der Waals surface area contributed by atoms with Crippen LogP contribution in [0, 0.1) is 24.1 Å². The van der Waals surface area contributed by atoms with Gasteiger partial charge >= 0.3 is 0 Å². The number of piperidine rings is 1. The van der Waals surface area contributed by atoms with Crippen LogP contribution >= 0.6 is 0 Å². The first-order chi connectivity index (χ1) is 16.0. The van der Waals surface area contributed by atoms with Gasteiger partial charge in [-0.2, -0.15) is 5.26 Å². The van der Waals surface area contributed by atoms with Crippen molar-refractivity contribution in [1.82, 2.24) is 19.8 Å². The fourth-order valence-electron chi connectivity index (χ4n) is 4.24. The van der Waals surface area contributed by atoms with E-state index in [1.807, 2.05) is 53.8 Å². The van der Waals surface area contributed by atoms with Gasteiger partial charge in [-0.05, 0) is 69.3 Å². The van der Waals surface area contributed by atoms with Crippen molar-refractivity contribution in [2.24, 2.45) is 0 Å². The molecule has 0 spiro atoms. The summed E-state index contributed by atoms with van der Waals surface area (Å²) in [5, 5.41) is 12.3. The van der Waals surface area contributed by atoms with Gasteiger partial charge in [-0.25, -0.2) is 9.37 Å². The molecule has 33 heavy (non-hydrogen) atoms. The van der Waals surface area contributed by atoms with Gasteiger partial charge in [-0.1, -0.05) is 0 Å². The number of imidazole rings is 1. The highest BCUT2D eigenvalue weighted by molar-refractivity contribution is 5.94. The van der Waals surface area contributed by atoms with Crippen LogP contribution in [0.5, 0.6) is 5.75 Å². The van der Waals surface area contributed by atoms with Crippen molar-refractivity contribution in [1.29, 1.82) is 5.26 Å². The largest absolute Gasteiger partial charge is 0.497 e. The fourth-order valence-corrected chi connectivity index (χ4v) is 4.24. The van der Waals surface area contributed by atoms with Gasteiger partial charge in [-0.15, -0.1) is 0 Å². The van der Waals surface area contributed by atoms with Crippen LogP contribution in [-0.4, -0.2) is 53.6 Å². The van der Waals surface area contributed by atoms with Gasteiger partial charge in [0.15, 0.2) is 0 Å². The summed E-state index contributed by atoms with van der Waals surface area (Å²) in [6, 6.07) is 13.8. The smallest absolute Gasteiger partial charge is 0.274 e. The van der Waals surface area contributed by atoms with E-state index in [-0.39, 0.29) is 17.5 Å². The molecule has 0 saturated carbocycles. The number of aromatic nitrogens is 2. The molecule has 7 nitrogen and oxygen atoms in total. The Morgan fingerprint density at radius 1 is 1.27 bits per heavy atom. The number of nitrogens with zero attached hydrogens (tertiary/aromatic N) is 4. The average molecular weight is 448 g/mol. The summed E-state index contributed by atoms with van der Waals surface area (Å²) >= 11 is 0. The Balaban J connectivity index is 1.83. The van der Waals surface area contributed by atoms with Gasteiger partial charge in [0.1, 0.15) is 29.2 Å². The van der Waals surface area contributed by atoms with Crippen molar-refractivity contribution < 1.29 is 13.9 Å². The number of likely N-dealkylation sites (tertiary alicyclic amines) is 1. The first-order valence-corrected chi connectivity index (χ1v) is 10.9. The zero-order chi connectivity index (χ0) is 23.5. The first-order valence-electron chi connectivity index (χ1n) is 10.9. The molecule has 0 unspecified atom stereocenters. The summed E-state index contributed by atoms with van der Waals surface area (Å²) in [4.78, 5) is 20.0. The molecule has 1 aliphatic rings. The van der Waals surface area contributed by atoms with E-state index in [0.29, 0.717) is 41.6 Å². The number of halogens is 1. The lowest BCUT2D eigenvalue weighted by Crippen LogP contribution is -2.47. The predicted octanol–water partition coefficient (Wildman–Crippen LogP) is 3.69. The molecule has 1 aromatic heterocycles. The number of nitrogens with one attached hydrogen (secondary N) is 1. The van der Waals surface area contributed by atoms with Crippen molar-refractivity contribution in [2.75, 3.05) is 27.2 Å². The molecule has 8 heteroatoms. The normalized spacial score (nSPS) is 15.8. The van der Waals surface area contributed by atoms with Crippen molar-refractivity contribution in [3.8, 4) is 28.9 Å². The Labute approximate surface area is 192 Å². The number of benzene rings is 2. The Bertz CT molecular complexity index is 1210. The summed E-state index contributed by atoms with van der Waals surface area (Å²) in [5.74, 6) is 0.365. The van der Waals surface area contributed by atoms with Crippen molar-refractivity contribution >= 4 is 5.91 Å². The molecule has 2 heterocycles. The third-order valence-corrected chi connectivity index (χ3v) is 6.11. The lowest BCUT2D eigenvalue weighted by Gasteiger charge is -2.32. The minimum atomic E-state index is -0.627. The lowest BCUT2D eigenvalue weighted by atomic mass is 10.1. The number of ether oxygens (including phenoxy) is 1. The maximum atomic E-state index is 14.4. The molecule has 1 atom stereocenters. The van der Waals surface area contributed by atoms with Crippen LogP contribution in [0.3, 0.4) is 0 Å². The number of carbonyl (C=O) groups is 1. The quantitative estimate of drug-likeness (QED) is 0.645. The van der Waals surface area contributed by atoms with E-state index in [1.54, 1.807) is 13.2 Å². The van der Waals surface area contributed by atoms with Crippen LogP contribution in [0.2, 0.25) is 0 Å². The average Bonchev–Trinajstić information content (AvgIpc) is 3.20. The molecule has 2 aromatic carbocycles. The molecule has 0 aliphatic carbocycles. The molecule has 1 aliphatic heterocycles. The summed E-state index contributed by atoms with van der Waals surface area (Å²) in [5.41, 5.74) is 2.21. The number of amides is 1. The zero-order valence-corrected chi connectivity index (χ0v) is 18.9. The fraction of sp³-hybridized carbons (Fsp3) is 0.320. The van der Waals surface area contributed by atoms with Gasteiger partial charge < -0.3 is 15.0 Å². The molecule has 1 saturated heterocycles. The van der Waals surface area contributed by atoms with Gasteiger partial charge in [0.2, 0.25) is 0 Å². The van der Waals surface area contributed by atoms with Crippen LogP contribution in [-0.2, 0) is 0 Å². The molecular weight excluding hydrogens is 421 g/mol. The second kappa shape index (κ2) is 9.43. The number of carbonyl (C=O) groups excluding carboxylic acids is 1. The van der Waals surface area contributed by atoms with Crippen LogP contribution in [0.25, 0.3) is 17.1 Å². The summed E-state index contributed by atoms with van der Waals surface area (Å²) in [7, 11) is 3.50. The molecule has 0 radical (unpaired) electrons. The minimum absolute atomic E-state index is 0.0410. The van der Waals surface area contributed by atoms with Crippen LogP contribution in [0.15, 0.2) is 42.5 Å². The number of rotatable bonds is 5. The minimum Gasteiger partial charge on any atom is -0.497 e. The van der Waals surface area contributed by atoms with Gasteiger partial charge in [0.05, 0.1) is 18.4 Å². The topological polar surface area (TPSA) is 83.2 Å². The summed E-state index contributed by atoms with van der Waals surface area (Å²) in [6.07, 6.45) is 1.94. The highest BCUT2D eigenvalue weighted by atomic mass is 19.1. The van der Waals surface area contributed by atoms with Crippen LogP contribution < -0.4 is 10.1 Å². The van der Waals surface area contributed by atoms with E-state index in [1.165, 1.54) is 12.1 Å². The second-order valence-electron chi connectivity index (χ2n) is 8.09. The predicted molar refractivity (Wildman–Crippen MR) is 123 cm³/mol. The molecule has 170 valence electrons. The van der Waals surface area contributed by atoms with E-state index < -0.39 is 5.82 Å². The number of likely N-dealkylation sites (N-methyl/N-ethyl adjacent to an activating group) is 1. The molecule has 3 aromatic rings. The lowest BCUT2D eigenvalue weighted by molar-refractivity contribution is 0.0692. The van der Waals surface area contributed by atoms with Crippen LogP contribution in [0.1, 0.15) is 34.6 Å². The van der Waals surface area contributed by atoms with Gasteiger partial charge in [0, 0.05) is 30.4 Å². The molecule has 4 rings (SSSR count). The highest BCUT2D eigenvalue weighted by Crippen LogP contribution is 2.29. The SMILES string of the molecule is CN[C@@H]1CCCN(C(=O)c2nc(-c3ccc(C#N)c(F)c3)n(-c3ccc(OC)cc3)c2C)C1. The Kier molecular flexibility index (Phi) is 6.43. The van der Waals surface area contributed by atoms with Gasteiger partial charge in [0.25, 0.3) is 5.91 Å². The monoisotopic (exact) mass is 447 g/mol. The maximum Gasteiger partial charge on any atom is 0.274 e. The van der Waals surface area contributed by atoms with E-state index >= 15 is 0 Å². The number of hydrogen-bond acceptors (Lipinski definition) is 5. The number of nitriles is 1. The third-order valence-electron chi connectivity index (χ3n) is 6.11. The van der Waals surface area contributed by atoms with Crippen molar-refractivity contribution in [2.45, 2.75) is 25.8 Å². The van der Waals surface area contributed by atoms with Gasteiger partial charge in [-0.3, -0.25) is 9.36 Å². The summed E-state index contributed by atoms with van der Waals surface area (Å²) in [6.45, 7) is 3.13. The maximum absolute atomic E-state index is 14.4. The Morgan fingerprint density at radius 3 is 2.67 bits per heavy atom. The van der Waals surface area contributed by atoms with E-state index in [0.717, 1.165) is 18.5 Å². The van der Waals surface area contributed by atoms with E-state index in [4.69, 9.17) is 15.0 Å². The highest BCUT2D eigenvalue weighted by Gasteiger charge is 2.29. The molecule has 0 bridgehead atoms. The molecular formula is C25H26FN5O2. The Morgan fingerprint density at radius 2 is 2.03 bits per heavy atom. The molecule has 1 N–H and O–H groups in total. The van der Waals surface area contributed by atoms with Crippen molar-refractivity contribution in [3.05, 3.63) is 65.2 Å². The van der Waals surface area contributed by atoms with Crippen LogP contribution in [0.4, 0.5) is 4.39 Å². The third kappa shape index (κ3) is 4.32. The van der Waals surface area contributed by atoms with E-state index in [9.17, 15) is 9.18 Å². The van der Waals surface area contributed by atoms with Crippen molar-refractivity contribution in [3.63, 3.8) is 0 Å². The number of methoxy groups -OCH3 is 1. The summed E-state index contributed by atoms with van der Waals surface area (Å²) < 4.78 is 21.6. The van der Waals surface area contributed by atoms with E-state index in [2.05, 4.69) is 5.32 Å². The second-order valence-corrected chi connectivity index (χ2v) is 8.09. The first kappa shape index (κ1) is 22.5. The molecule has 1 fully saturated rings. The Hall–Kier alpha value is -3.70.